The molecule has 0 aromatic carbocycles. The molecule has 0 aliphatic carbocycles. The Morgan fingerprint density at radius 2 is 2.43 bits per heavy atom. The number of aromatic nitrogens is 1. The molecule has 0 radical (unpaired) electrons. The fourth-order valence-corrected chi connectivity index (χ4v) is 1.17. The second-order valence-electron chi connectivity index (χ2n) is 2.93. The van der Waals surface area contributed by atoms with E-state index < -0.39 is 0 Å². The normalized spacial score (nSPS) is 9.86. The summed E-state index contributed by atoms with van der Waals surface area (Å²) < 4.78 is 0. The Morgan fingerprint density at radius 3 is 3.00 bits per heavy atom. The molecule has 0 amide bonds. The molecule has 0 bridgehead atoms. The Kier molecular flexibility index (Phi) is 3.41. The van der Waals surface area contributed by atoms with Crippen LogP contribution in [0.3, 0.4) is 0 Å². The molecule has 1 heterocycles. The average Bonchev–Trinajstić information content (AvgIpc) is 2.18. The average molecular weight is 194 g/mol. The lowest BCUT2D eigenvalue weighted by Crippen LogP contribution is -2.26. The third-order valence-corrected chi connectivity index (χ3v) is 1.87. The monoisotopic (exact) mass is 194 g/mol. The van der Waals surface area contributed by atoms with Gasteiger partial charge in [0.1, 0.15) is 11.7 Å². The molecule has 0 aliphatic rings. The second kappa shape index (κ2) is 4.57. The zero-order valence-corrected chi connectivity index (χ0v) is 8.07. The smallest absolute Gasteiger partial charge is 0.139 e. The van der Waals surface area contributed by atoms with Gasteiger partial charge in [0.25, 0.3) is 0 Å². The van der Waals surface area contributed by atoms with Crippen molar-refractivity contribution in [2.24, 2.45) is 5.73 Å². The van der Waals surface area contributed by atoms with E-state index in [0.717, 1.165) is 0 Å². The molecule has 76 valence electrons. The van der Waals surface area contributed by atoms with Crippen LogP contribution >= 0.6 is 0 Å². The van der Waals surface area contributed by atoms with E-state index in [1.165, 1.54) is 0 Å². The molecule has 14 heavy (non-hydrogen) atoms. The number of hydrogen-bond acceptors (Lipinski definition) is 4. The Hall–Kier alpha value is -1.62. The van der Waals surface area contributed by atoms with Gasteiger partial charge in [-0.1, -0.05) is 0 Å². The Balaban J connectivity index is 3.00. The maximum atomic E-state index is 8.77. The third kappa shape index (κ3) is 2.20. The van der Waals surface area contributed by atoms with Crippen molar-refractivity contribution in [2.45, 2.75) is 0 Å². The van der Waals surface area contributed by atoms with E-state index in [9.17, 15) is 0 Å². The zero-order chi connectivity index (χ0) is 10.6. The van der Waals surface area contributed by atoms with Crippen molar-refractivity contribution < 1.29 is 5.11 Å². The number of amidine groups is 1. The predicted molar refractivity (Wildman–Crippen MR) is 55.6 cm³/mol. The van der Waals surface area contributed by atoms with Gasteiger partial charge in [-0.05, 0) is 12.1 Å². The van der Waals surface area contributed by atoms with Crippen molar-refractivity contribution in [1.29, 1.82) is 5.41 Å². The van der Waals surface area contributed by atoms with Crippen molar-refractivity contribution in [3.05, 3.63) is 23.9 Å². The summed E-state index contributed by atoms with van der Waals surface area (Å²) in [7, 11) is 1.80. The van der Waals surface area contributed by atoms with Gasteiger partial charge < -0.3 is 15.7 Å². The molecule has 1 aromatic rings. The van der Waals surface area contributed by atoms with Gasteiger partial charge in [-0.3, -0.25) is 5.41 Å². The summed E-state index contributed by atoms with van der Waals surface area (Å²) in [6.45, 7) is 0.516. The van der Waals surface area contributed by atoms with Gasteiger partial charge >= 0.3 is 0 Å². The molecular formula is C9H14N4O. The molecule has 0 saturated carbocycles. The van der Waals surface area contributed by atoms with Gasteiger partial charge in [0.05, 0.1) is 12.2 Å². The molecule has 1 aromatic heterocycles. The van der Waals surface area contributed by atoms with Crippen molar-refractivity contribution >= 4 is 11.7 Å². The van der Waals surface area contributed by atoms with Crippen LogP contribution < -0.4 is 10.6 Å². The summed E-state index contributed by atoms with van der Waals surface area (Å²) in [4.78, 5) is 5.87. The van der Waals surface area contributed by atoms with E-state index in [1.54, 1.807) is 30.3 Å². The van der Waals surface area contributed by atoms with Gasteiger partial charge in [-0.2, -0.15) is 0 Å². The third-order valence-electron chi connectivity index (χ3n) is 1.87. The van der Waals surface area contributed by atoms with E-state index in [1.807, 2.05) is 0 Å². The SMILES string of the molecule is CN(CCO)c1ncccc1C(=N)N. The van der Waals surface area contributed by atoms with Crippen LogP contribution in [0.15, 0.2) is 18.3 Å². The molecule has 0 spiro atoms. The van der Waals surface area contributed by atoms with Crippen molar-refractivity contribution in [3.63, 3.8) is 0 Å². The quantitative estimate of drug-likeness (QED) is 0.457. The van der Waals surface area contributed by atoms with Crippen LogP contribution in [0, 0.1) is 5.41 Å². The molecule has 0 saturated heterocycles. The van der Waals surface area contributed by atoms with E-state index in [-0.39, 0.29) is 12.4 Å². The molecule has 5 heteroatoms. The lowest BCUT2D eigenvalue weighted by molar-refractivity contribution is 0.304. The fraction of sp³-hybridized carbons (Fsp3) is 0.333. The molecule has 0 aliphatic heterocycles. The van der Waals surface area contributed by atoms with Crippen molar-refractivity contribution in [3.8, 4) is 0 Å². The summed E-state index contributed by atoms with van der Waals surface area (Å²) >= 11 is 0. The summed E-state index contributed by atoms with van der Waals surface area (Å²) in [5, 5.41) is 16.1. The summed E-state index contributed by atoms with van der Waals surface area (Å²) in [6.07, 6.45) is 1.63. The number of nitrogens with zero attached hydrogens (tertiary/aromatic N) is 2. The number of aliphatic hydroxyl groups is 1. The molecule has 5 nitrogen and oxygen atoms in total. The van der Waals surface area contributed by atoms with Crippen LogP contribution in [0.4, 0.5) is 5.82 Å². The topological polar surface area (TPSA) is 86.2 Å². The summed E-state index contributed by atoms with van der Waals surface area (Å²) in [5.41, 5.74) is 5.99. The van der Waals surface area contributed by atoms with Gasteiger partial charge in [-0.25, -0.2) is 4.98 Å². The van der Waals surface area contributed by atoms with Crippen molar-refractivity contribution in [2.75, 3.05) is 25.1 Å². The number of nitrogen functional groups attached to an aromatic ring is 1. The highest BCUT2D eigenvalue weighted by molar-refractivity contribution is 5.99. The maximum Gasteiger partial charge on any atom is 0.139 e. The molecule has 0 fully saturated rings. The van der Waals surface area contributed by atoms with E-state index >= 15 is 0 Å². The standard InChI is InChI=1S/C9H14N4O/c1-13(5-6-14)9-7(8(10)11)3-2-4-12-9/h2-4,14H,5-6H2,1H3,(H3,10,11). The summed E-state index contributed by atoms with van der Waals surface area (Å²) in [5.74, 6) is 0.604. The van der Waals surface area contributed by atoms with Crippen LogP contribution in [-0.2, 0) is 0 Å². The first-order chi connectivity index (χ1) is 6.66. The minimum atomic E-state index is -0.0158. The first-order valence-electron chi connectivity index (χ1n) is 4.28. The first-order valence-corrected chi connectivity index (χ1v) is 4.28. The fourth-order valence-electron chi connectivity index (χ4n) is 1.17. The van der Waals surface area contributed by atoms with Gasteiger partial charge in [0, 0.05) is 19.8 Å². The van der Waals surface area contributed by atoms with Crippen LogP contribution in [0.1, 0.15) is 5.56 Å². The summed E-state index contributed by atoms with van der Waals surface area (Å²) in [6, 6.07) is 3.46. The maximum absolute atomic E-state index is 8.77. The molecule has 0 atom stereocenters. The first kappa shape index (κ1) is 10.5. The highest BCUT2D eigenvalue weighted by Gasteiger charge is 2.09. The van der Waals surface area contributed by atoms with Crippen LogP contribution in [0.5, 0.6) is 0 Å². The molecule has 4 N–H and O–H groups in total. The number of nitrogens with one attached hydrogen (secondary N) is 1. The van der Waals surface area contributed by atoms with Gasteiger partial charge in [0.2, 0.25) is 0 Å². The van der Waals surface area contributed by atoms with Gasteiger partial charge in [0.15, 0.2) is 0 Å². The van der Waals surface area contributed by atoms with E-state index in [0.29, 0.717) is 17.9 Å². The minimum absolute atomic E-state index is 0.0158. The van der Waals surface area contributed by atoms with Crippen LogP contribution in [0.2, 0.25) is 0 Å². The second-order valence-corrected chi connectivity index (χ2v) is 2.93. The highest BCUT2D eigenvalue weighted by atomic mass is 16.3. The number of anilines is 1. The zero-order valence-electron chi connectivity index (χ0n) is 8.07. The van der Waals surface area contributed by atoms with Gasteiger partial charge in [-0.15, -0.1) is 0 Å². The molecule has 1 rings (SSSR count). The Bertz CT molecular complexity index is 326. The number of rotatable bonds is 4. The number of hydrogen-bond donors (Lipinski definition) is 3. The predicted octanol–water partition coefficient (Wildman–Crippen LogP) is -0.206. The highest BCUT2D eigenvalue weighted by Crippen LogP contribution is 2.14. The number of aliphatic hydroxyl groups excluding tert-OH is 1. The van der Waals surface area contributed by atoms with Crippen LogP contribution in [-0.4, -0.2) is 36.1 Å². The largest absolute Gasteiger partial charge is 0.395 e. The Labute approximate surface area is 82.7 Å². The number of pyridine rings is 1. The molecule has 0 unspecified atom stereocenters. The lowest BCUT2D eigenvalue weighted by Gasteiger charge is -2.19. The van der Waals surface area contributed by atoms with E-state index in [2.05, 4.69) is 4.98 Å². The number of nitrogens with two attached hydrogens (primary N) is 1. The Morgan fingerprint density at radius 1 is 1.71 bits per heavy atom. The van der Waals surface area contributed by atoms with Crippen LogP contribution in [0.25, 0.3) is 0 Å². The lowest BCUT2D eigenvalue weighted by atomic mass is 10.2. The van der Waals surface area contributed by atoms with Crippen molar-refractivity contribution in [1.82, 2.24) is 4.98 Å². The van der Waals surface area contributed by atoms with E-state index in [4.69, 9.17) is 16.2 Å². The minimum Gasteiger partial charge on any atom is -0.395 e. The molecular weight excluding hydrogens is 180 g/mol. The number of likely N-dealkylation sites (N-methyl/N-ethyl adjacent to an activating group) is 1.